The Balaban J connectivity index is 2.98. The van der Waals surface area contributed by atoms with Crippen molar-refractivity contribution in [1.29, 1.82) is 0 Å². The third-order valence-corrected chi connectivity index (χ3v) is 1.68. The molecule has 15 heavy (non-hydrogen) atoms. The lowest BCUT2D eigenvalue weighted by Crippen LogP contribution is -2.47. The maximum atomic E-state index is 10.4. The van der Waals surface area contributed by atoms with Gasteiger partial charge in [0.2, 0.25) is 0 Å². The third-order valence-electron chi connectivity index (χ3n) is 1.68. The van der Waals surface area contributed by atoms with Gasteiger partial charge in [-0.15, -0.1) is 0 Å². The van der Waals surface area contributed by atoms with Gasteiger partial charge >= 0.3 is 12.0 Å². The molecule has 1 aliphatic heterocycles. The summed E-state index contributed by atoms with van der Waals surface area (Å²) in [5.74, 6) is -0.741. The summed E-state index contributed by atoms with van der Waals surface area (Å²) in [5.41, 5.74) is 0. The van der Waals surface area contributed by atoms with Crippen molar-refractivity contribution in [3.05, 3.63) is 30.3 Å². The van der Waals surface area contributed by atoms with Gasteiger partial charge in [-0.25, -0.2) is 10.1 Å². The fourth-order valence-corrected chi connectivity index (χ4v) is 1.10. The van der Waals surface area contributed by atoms with Crippen LogP contribution < -0.4 is 0 Å². The summed E-state index contributed by atoms with van der Waals surface area (Å²) in [6.45, 7) is -0.255. The summed E-state index contributed by atoms with van der Waals surface area (Å²) in [5, 5.41) is 30.4. The van der Waals surface area contributed by atoms with E-state index in [0.29, 0.717) is 5.01 Å². The first-order valence-electron chi connectivity index (χ1n) is 3.68. The molecule has 11 nitrogen and oxygen atoms in total. The van der Waals surface area contributed by atoms with Crippen LogP contribution in [0.3, 0.4) is 0 Å². The molecule has 0 spiro atoms. The normalized spacial score (nSPS) is 15.3. The van der Waals surface area contributed by atoms with E-state index < -0.39 is 26.9 Å². The van der Waals surface area contributed by atoms with Crippen molar-refractivity contribution in [3.63, 3.8) is 0 Å². The second kappa shape index (κ2) is 3.81. The zero-order valence-electron chi connectivity index (χ0n) is 7.18. The summed E-state index contributed by atoms with van der Waals surface area (Å²) in [7, 11) is 0. The minimum absolute atomic E-state index is 0.0610. The molecule has 0 atom stereocenters. The number of hydrazine groups is 1. The van der Waals surface area contributed by atoms with Crippen molar-refractivity contribution in [2.45, 2.75) is 6.17 Å². The van der Waals surface area contributed by atoms with E-state index in [1.54, 1.807) is 0 Å². The van der Waals surface area contributed by atoms with Crippen LogP contribution in [0, 0.1) is 30.3 Å². The predicted octanol–water partition coefficient (Wildman–Crippen LogP) is -1.23. The molecule has 0 saturated heterocycles. The van der Waals surface area contributed by atoms with Gasteiger partial charge in [-0.2, -0.15) is 0 Å². The average Bonchev–Trinajstić information content (AvgIpc) is 2.51. The molecule has 0 aromatic rings. The minimum atomic E-state index is -2.38. The maximum Gasteiger partial charge on any atom is 0.512 e. The van der Waals surface area contributed by atoms with Crippen LogP contribution in [0.4, 0.5) is 0 Å². The van der Waals surface area contributed by atoms with Crippen molar-refractivity contribution >= 4 is 5.84 Å². The molecule has 0 fully saturated rings. The van der Waals surface area contributed by atoms with Crippen LogP contribution in [0.5, 0.6) is 0 Å². The van der Waals surface area contributed by atoms with E-state index in [2.05, 4.69) is 4.99 Å². The first kappa shape index (κ1) is 10.7. The van der Waals surface area contributed by atoms with Crippen molar-refractivity contribution in [2.75, 3.05) is 13.1 Å². The van der Waals surface area contributed by atoms with E-state index in [9.17, 15) is 30.3 Å². The molecule has 1 rings (SSSR count). The lowest BCUT2D eigenvalue weighted by Gasteiger charge is -2.07. The molecule has 0 aromatic carbocycles. The topological polar surface area (TPSA) is 145 Å². The van der Waals surface area contributed by atoms with E-state index >= 15 is 0 Å². The highest BCUT2D eigenvalue weighted by Crippen LogP contribution is 2.08. The molecule has 0 radical (unpaired) electrons. The van der Waals surface area contributed by atoms with E-state index in [1.807, 2.05) is 0 Å². The fourth-order valence-electron chi connectivity index (χ4n) is 1.10. The number of aliphatic imine (C=N–C) groups is 1. The molecule has 0 bridgehead atoms. The molecule has 82 valence electrons. The lowest BCUT2D eigenvalue weighted by molar-refractivity contribution is -0.727. The van der Waals surface area contributed by atoms with Crippen molar-refractivity contribution in [2.24, 2.45) is 4.99 Å². The molecule has 0 amide bonds. The van der Waals surface area contributed by atoms with Crippen LogP contribution in [0.2, 0.25) is 0 Å². The largest absolute Gasteiger partial charge is 0.512 e. The number of rotatable bonds is 4. The summed E-state index contributed by atoms with van der Waals surface area (Å²) in [6.07, 6.45) is -2.38. The van der Waals surface area contributed by atoms with Gasteiger partial charge in [0.25, 0.3) is 0 Å². The SMILES string of the molecule is O=[N+]([O-])C(C1=NCCN1[N+](=O)[O-])[N+](=O)[O-]. The van der Waals surface area contributed by atoms with Crippen molar-refractivity contribution in [3.8, 4) is 0 Å². The molecular weight excluding hydrogens is 214 g/mol. The first-order chi connectivity index (χ1) is 6.95. The molecule has 1 heterocycles. The van der Waals surface area contributed by atoms with E-state index in [0.717, 1.165) is 0 Å². The van der Waals surface area contributed by atoms with E-state index in [4.69, 9.17) is 0 Å². The number of hydrogen-bond acceptors (Lipinski definition) is 7. The van der Waals surface area contributed by atoms with Gasteiger partial charge in [-0.1, -0.05) is 5.01 Å². The number of nitro groups is 3. The fraction of sp³-hybridized carbons (Fsp3) is 0.750. The van der Waals surface area contributed by atoms with Crippen LogP contribution in [0.1, 0.15) is 0 Å². The highest BCUT2D eigenvalue weighted by molar-refractivity contribution is 5.85. The summed E-state index contributed by atoms with van der Waals surface area (Å²) >= 11 is 0. The van der Waals surface area contributed by atoms with Gasteiger partial charge in [-0.3, -0.25) is 25.2 Å². The molecule has 0 N–H and O–H groups in total. The highest BCUT2D eigenvalue weighted by atomic mass is 16.7. The molecule has 0 aromatic heterocycles. The maximum absolute atomic E-state index is 10.4. The monoisotopic (exact) mass is 219 g/mol. The highest BCUT2D eigenvalue weighted by Gasteiger charge is 2.49. The number of hydrogen-bond donors (Lipinski definition) is 0. The quantitative estimate of drug-likeness (QED) is 0.326. The molecule has 0 aliphatic carbocycles. The van der Waals surface area contributed by atoms with Crippen molar-refractivity contribution < 1.29 is 14.9 Å². The van der Waals surface area contributed by atoms with Gasteiger partial charge in [-0.05, 0) is 0 Å². The Labute approximate surface area is 81.4 Å². The minimum Gasteiger partial charge on any atom is -0.258 e. The summed E-state index contributed by atoms with van der Waals surface area (Å²) in [4.78, 5) is 32.0. The van der Waals surface area contributed by atoms with Crippen LogP contribution in [0.15, 0.2) is 4.99 Å². The molecule has 0 unspecified atom stereocenters. The lowest BCUT2D eigenvalue weighted by atomic mass is 10.4. The molecule has 11 heteroatoms. The Kier molecular flexibility index (Phi) is 2.73. The second-order valence-electron chi connectivity index (χ2n) is 2.55. The standard InChI is InChI=1S/C4H5N5O6/c10-7(11)4(8(12)13)3-5-1-2-6(3)9(14)15/h4H,1-2H2. The number of nitrogens with zero attached hydrogens (tertiary/aromatic N) is 5. The zero-order chi connectivity index (χ0) is 11.6. The predicted molar refractivity (Wildman–Crippen MR) is 43.8 cm³/mol. The van der Waals surface area contributed by atoms with Gasteiger partial charge < -0.3 is 0 Å². The number of amidine groups is 1. The van der Waals surface area contributed by atoms with E-state index in [1.165, 1.54) is 0 Å². The molecule has 0 saturated carbocycles. The Bertz CT molecular complexity index is 337. The van der Waals surface area contributed by atoms with Crippen LogP contribution in [-0.2, 0) is 0 Å². The summed E-state index contributed by atoms with van der Waals surface area (Å²) in [6, 6.07) is 0. The van der Waals surface area contributed by atoms with Crippen LogP contribution in [0.25, 0.3) is 0 Å². The van der Waals surface area contributed by atoms with Crippen LogP contribution in [-0.4, -0.2) is 45.0 Å². The zero-order valence-corrected chi connectivity index (χ0v) is 7.18. The van der Waals surface area contributed by atoms with Crippen molar-refractivity contribution in [1.82, 2.24) is 5.01 Å². The Morgan fingerprint density at radius 3 is 2.13 bits per heavy atom. The smallest absolute Gasteiger partial charge is 0.258 e. The Morgan fingerprint density at radius 1 is 1.20 bits per heavy atom. The molecule has 1 aliphatic rings. The van der Waals surface area contributed by atoms with E-state index in [-0.39, 0.29) is 13.1 Å². The first-order valence-corrected chi connectivity index (χ1v) is 3.68. The Hall–Kier alpha value is -2.33. The van der Waals surface area contributed by atoms with Gasteiger partial charge in [0.15, 0.2) is 5.03 Å². The van der Waals surface area contributed by atoms with Gasteiger partial charge in [0.1, 0.15) is 16.4 Å². The van der Waals surface area contributed by atoms with Gasteiger partial charge in [0.05, 0.1) is 6.54 Å². The molecular formula is C4H5N5O6. The van der Waals surface area contributed by atoms with Crippen LogP contribution >= 0.6 is 0 Å². The van der Waals surface area contributed by atoms with Gasteiger partial charge in [0, 0.05) is 0 Å². The third kappa shape index (κ3) is 1.95. The second-order valence-corrected chi connectivity index (χ2v) is 2.55. The Morgan fingerprint density at radius 2 is 1.73 bits per heavy atom. The summed E-state index contributed by atoms with van der Waals surface area (Å²) < 4.78 is 0. The average molecular weight is 219 g/mol.